The Balaban J connectivity index is 1.83. The lowest BCUT2D eigenvalue weighted by molar-refractivity contribution is 0.494. The second-order valence-electron chi connectivity index (χ2n) is 6.71. The van der Waals surface area contributed by atoms with Gasteiger partial charge in [-0.25, -0.2) is 4.39 Å². The van der Waals surface area contributed by atoms with Gasteiger partial charge >= 0.3 is 0 Å². The van der Waals surface area contributed by atoms with Crippen LogP contribution >= 0.6 is 0 Å². The number of benzene rings is 1. The van der Waals surface area contributed by atoms with Crippen molar-refractivity contribution >= 4 is 5.69 Å². The van der Waals surface area contributed by atoms with Crippen molar-refractivity contribution in [3.8, 4) is 0 Å². The molecule has 0 radical (unpaired) electrons. The van der Waals surface area contributed by atoms with E-state index in [9.17, 15) is 4.39 Å². The fourth-order valence-corrected chi connectivity index (χ4v) is 4.10. The summed E-state index contributed by atoms with van der Waals surface area (Å²) in [6, 6.07) is 5.74. The summed E-state index contributed by atoms with van der Waals surface area (Å²) >= 11 is 0. The summed E-state index contributed by atoms with van der Waals surface area (Å²) in [6.07, 6.45) is 5.12. The van der Waals surface area contributed by atoms with Gasteiger partial charge in [0.05, 0.1) is 5.69 Å². The molecule has 1 aliphatic heterocycles. The Morgan fingerprint density at radius 1 is 1.29 bits per heavy atom. The van der Waals surface area contributed by atoms with Crippen LogP contribution in [-0.2, 0) is 0 Å². The summed E-state index contributed by atoms with van der Waals surface area (Å²) in [5, 5.41) is 3.50. The van der Waals surface area contributed by atoms with Crippen LogP contribution < -0.4 is 10.2 Å². The van der Waals surface area contributed by atoms with E-state index in [0.717, 1.165) is 49.1 Å². The second-order valence-corrected chi connectivity index (χ2v) is 6.71. The third-order valence-corrected chi connectivity index (χ3v) is 5.23. The Morgan fingerprint density at radius 2 is 2.00 bits per heavy atom. The number of hydrogen-bond donors (Lipinski definition) is 1. The number of nitrogens with zero attached hydrogens (tertiary/aromatic N) is 1. The summed E-state index contributed by atoms with van der Waals surface area (Å²) in [4.78, 5) is 2.31. The number of fused-ring (bicyclic) bond motifs is 1. The molecular weight excluding hydrogens is 263 g/mol. The predicted molar refractivity (Wildman–Crippen MR) is 86.2 cm³/mol. The average molecular weight is 290 g/mol. The fourth-order valence-electron chi connectivity index (χ4n) is 4.10. The third-order valence-electron chi connectivity index (χ3n) is 5.23. The minimum atomic E-state index is -0.0578. The first-order valence-electron chi connectivity index (χ1n) is 8.47. The molecule has 3 atom stereocenters. The normalized spacial score (nSPS) is 26.1. The highest BCUT2D eigenvalue weighted by molar-refractivity contribution is 5.57. The molecule has 2 nitrogen and oxygen atoms in total. The molecule has 1 aromatic rings. The quantitative estimate of drug-likeness (QED) is 0.877. The van der Waals surface area contributed by atoms with Crippen LogP contribution in [0.1, 0.15) is 51.1 Å². The van der Waals surface area contributed by atoms with Crippen LogP contribution in [0.4, 0.5) is 10.1 Å². The zero-order chi connectivity index (χ0) is 14.8. The van der Waals surface area contributed by atoms with Crippen molar-refractivity contribution in [2.75, 3.05) is 24.5 Å². The summed E-state index contributed by atoms with van der Waals surface area (Å²) in [5.74, 6) is 1.52. The zero-order valence-corrected chi connectivity index (χ0v) is 13.2. The van der Waals surface area contributed by atoms with E-state index in [1.165, 1.54) is 19.3 Å². The van der Waals surface area contributed by atoms with E-state index in [0.29, 0.717) is 0 Å². The van der Waals surface area contributed by atoms with Gasteiger partial charge in [0.2, 0.25) is 0 Å². The number of rotatable bonds is 5. The third kappa shape index (κ3) is 2.94. The maximum absolute atomic E-state index is 14.5. The molecule has 0 bridgehead atoms. The molecule has 1 heterocycles. The maximum atomic E-state index is 14.5. The Labute approximate surface area is 127 Å². The summed E-state index contributed by atoms with van der Waals surface area (Å²) in [7, 11) is 0. The molecule has 2 aliphatic rings. The molecule has 3 heteroatoms. The first-order chi connectivity index (χ1) is 10.2. The first-order valence-corrected chi connectivity index (χ1v) is 8.47. The van der Waals surface area contributed by atoms with Gasteiger partial charge in [-0.3, -0.25) is 0 Å². The molecule has 3 unspecified atom stereocenters. The van der Waals surface area contributed by atoms with E-state index in [1.807, 2.05) is 6.07 Å². The van der Waals surface area contributed by atoms with Gasteiger partial charge in [0.15, 0.2) is 0 Å². The Bertz CT molecular complexity index is 476. The first kappa shape index (κ1) is 14.8. The van der Waals surface area contributed by atoms with Crippen molar-refractivity contribution in [3.63, 3.8) is 0 Å². The van der Waals surface area contributed by atoms with Crippen molar-refractivity contribution in [1.82, 2.24) is 5.32 Å². The van der Waals surface area contributed by atoms with Gasteiger partial charge in [0, 0.05) is 19.1 Å². The highest BCUT2D eigenvalue weighted by Crippen LogP contribution is 2.41. The lowest BCUT2D eigenvalue weighted by Crippen LogP contribution is -2.27. The molecular formula is C18H27FN2. The van der Waals surface area contributed by atoms with E-state index in [2.05, 4.69) is 30.1 Å². The minimum Gasteiger partial charge on any atom is -0.368 e. The monoisotopic (exact) mass is 290 g/mol. The predicted octanol–water partition coefficient (Wildman–Crippen LogP) is 4.12. The van der Waals surface area contributed by atoms with E-state index in [4.69, 9.17) is 0 Å². The smallest absolute Gasteiger partial charge is 0.146 e. The van der Waals surface area contributed by atoms with Gasteiger partial charge in [-0.05, 0) is 56.2 Å². The molecule has 1 saturated carbocycles. The minimum absolute atomic E-state index is 0.0578. The molecule has 21 heavy (non-hydrogen) atoms. The van der Waals surface area contributed by atoms with Crippen LogP contribution in [0.5, 0.6) is 0 Å². The SMILES string of the molecule is CCCNC(C)c1cccc(F)c1N1CC2CCCC2C1. The molecule has 1 aromatic carbocycles. The van der Waals surface area contributed by atoms with Crippen molar-refractivity contribution in [2.45, 2.75) is 45.6 Å². The maximum Gasteiger partial charge on any atom is 0.146 e. The number of nitrogens with one attached hydrogen (secondary N) is 1. The molecule has 0 aromatic heterocycles. The molecule has 0 spiro atoms. The largest absolute Gasteiger partial charge is 0.368 e. The molecule has 1 N–H and O–H groups in total. The van der Waals surface area contributed by atoms with Crippen LogP contribution in [0, 0.1) is 17.7 Å². The van der Waals surface area contributed by atoms with Crippen LogP contribution in [0.15, 0.2) is 18.2 Å². The van der Waals surface area contributed by atoms with E-state index in [-0.39, 0.29) is 11.9 Å². The lowest BCUT2D eigenvalue weighted by atomic mass is 10.0. The standard InChI is InChI=1S/C18H27FN2/c1-3-10-20-13(2)16-8-5-9-17(19)18(16)21-11-14-6-4-7-15(14)12-21/h5,8-9,13-15,20H,3-4,6-7,10-12H2,1-2H3. The number of halogens is 1. The zero-order valence-electron chi connectivity index (χ0n) is 13.2. The van der Waals surface area contributed by atoms with Crippen LogP contribution in [0.2, 0.25) is 0 Å². The van der Waals surface area contributed by atoms with Crippen molar-refractivity contribution in [1.29, 1.82) is 0 Å². The molecule has 1 saturated heterocycles. The van der Waals surface area contributed by atoms with Gasteiger partial charge in [0.1, 0.15) is 5.82 Å². The van der Waals surface area contributed by atoms with Gasteiger partial charge in [-0.2, -0.15) is 0 Å². The molecule has 1 aliphatic carbocycles. The van der Waals surface area contributed by atoms with Gasteiger partial charge in [-0.1, -0.05) is 25.5 Å². The highest BCUT2D eigenvalue weighted by atomic mass is 19.1. The molecule has 116 valence electrons. The van der Waals surface area contributed by atoms with Crippen LogP contribution in [0.25, 0.3) is 0 Å². The highest BCUT2D eigenvalue weighted by Gasteiger charge is 2.37. The lowest BCUT2D eigenvalue weighted by Gasteiger charge is -2.26. The van der Waals surface area contributed by atoms with Crippen LogP contribution in [-0.4, -0.2) is 19.6 Å². The van der Waals surface area contributed by atoms with Gasteiger partial charge in [-0.15, -0.1) is 0 Å². The molecule has 3 rings (SSSR count). The van der Waals surface area contributed by atoms with Crippen LogP contribution in [0.3, 0.4) is 0 Å². The van der Waals surface area contributed by atoms with Crippen molar-refractivity contribution < 1.29 is 4.39 Å². The average Bonchev–Trinajstić information content (AvgIpc) is 3.05. The topological polar surface area (TPSA) is 15.3 Å². The Morgan fingerprint density at radius 3 is 2.67 bits per heavy atom. The van der Waals surface area contributed by atoms with Gasteiger partial charge < -0.3 is 10.2 Å². The molecule has 0 amide bonds. The Hall–Kier alpha value is -1.09. The molecule has 2 fully saturated rings. The van der Waals surface area contributed by atoms with E-state index in [1.54, 1.807) is 6.07 Å². The summed E-state index contributed by atoms with van der Waals surface area (Å²) < 4.78 is 14.5. The van der Waals surface area contributed by atoms with E-state index < -0.39 is 0 Å². The number of anilines is 1. The second kappa shape index (κ2) is 6.35. The Kier molecular flexibility index (Phi) is 4.48. The fraction of sp³-hybridized carbons (Fsp3) is 0.667. The van der Waals surface area contributed by atoms with E-state index >= 15 is 0 Å². The van der Waals surface area contributed by atoms with Crippen molar-refractivity contribution in [3.05, 3.63) is 29.6 Å². The summed E-state index contributed by atoms with van der Waals surface area (Å²) in [6.45, 7) is 7.36. The summed E-state index contributed by atoms with van der Waals surface area (Å²) in [5.41, 5.74) is 1.96. The van der Waals surface area contributed by atoms with Crippen molar-refractivity contribution in [2.24, 2.45) is 11.8 Å². The number of hydrogen-bond acceptors (Lipinski definition) is 2. The number of para-hydroxylation sites is 1. The van der Waals surface area contributed by atoms with Gasteiger partial charge in [0.25, 0.3) is 0 Å².